The molecular formula is C19H34F3IN4O. The number of nitrogens with one attached hydrogen (secondary N) is 2. The quantitative estimate of drug-likeness (QED) is 0.231. The van der Waals surface area contributed by atoms with Crippen molar-refractivity contribution in [3.63, 3.8) is 0 Å². The molecule has 0 aromatic carbocycles. The molecule has 1 aliphatic heterocycles. The number of rotatable bonds is 7. The van der Waals surface area contributed by atoms with Crippen molar-refractivity contribution in [2.24, 2.45) is 10.9 Å². The smallest absolute Gasteiger partial charge is 0.357 e. The van der Waals surface area contributed by atoms with E-state index in [1.165, 1.54) is 6.42 Å². The van der Waals surface area contributed by atoms with Crippen LogP contribution in [0, 0.1) is 5.92 Å². The maximum atomic E-state index is 12.6. The number of amides is 1. The number of guanidine groups is 1. The molecule has 28 heavy (non-hydrogen) atoms. The molecule has 0 aromatic heterocycles. The van der Waals surface area contributed by atoms with Crippen molar-refractivity contribution in [3.8, 4) is 0 Å². The second-order valence-electron chi connectivity index (χ2n) is 7.58. The number of alkyl halides is 3. The van der Waals surface area contributed by atoms with Gasteiger partial charge >= 0.3 is 6.18 Å². The second-order valence-corrected chi connectivity index (χ2v) is 7.58. The summed E-state index contributed by atoms with van der Waals surface area (Å²) < 4.78 is 36.5. The van der Waals surface area contributed by atoms with Gasteiger partial charge in [-0.1, -0.05) is 19.3 Å². The second kappa shape index (κ2) is 12.7. The summed E-state index contributed by atoms with van der Waals surface area (Å²) in [7, 11) is 0. The molecule has 1 aliphatic carbocycles. The van der Waals surface area contributed by atoms with Gasteiger partial charge in [-0.25, -0.2) is 0 Å². The normalized spacial score (nSPS) is 21.4. The number of aliphatic imine (C=N–C) groups is 1. The number of carbonyl (C=O) groups excluding carboxylic acids is 1. The molecule has 1 unspecified atom stereocenters. The van der Waals surface area contributed by atoms with Gasteiger partial charge in [0.25, 0.3) is 0 Å². The molecule has 0 aromatic rings. The van der Waals surface area contributed by atoms with E-state index in [0.717, 1.165) is 38.6 Å². The summed E-state index contributed by atoms with van der Waals surface area (Å²) in [5.41, 5.74) is 0. The van der Waals surface area contributed by atoms with Crippen molar-refractivity contribution in [1.82, 2.24) is 15.5 Å². The zero-order chi connectivity index (χ0) is 19.7. The fourth-order valence-electron chi connectivity index (χ4n) is 3.83. The van der Waals surface area contributed by atoms with Gasteiger partial charge in [0.2, 0.25) is 5.91 Å². The van der Waals surface area contributed by atoms with Crippen LogP contribution in [0.4, 0.5) is 13.2 Å². The van der Waals surface area contributed by atoms with Gasteiger partial charge in [0.1, 0.15) is 0 Å². The van der Waals surface area contributed by atoms with Crippen LogP contribution in [-0.4, -0.2) is 55.2 Å². The van der Waals surface area contributed by atoms with E-state index < -0.39 is 12.6 Å². The van der Waals surface area contributed by atoms with E-state index in [2.05, 4.69) is 15.6 Å². The van der Waals surface area contributed by atoms with Gasteiger partial charge in [-0.15, -0.1) is 24.0 Å². The first-order chi connectivity index (χ1) is 12.9. The minimum Gasteiger partial charge on any atom is -0.357 e. The Hall–Kier alpha value is -0.740. The zero-order valence-electron chi connectivity index (χ0n) is 16.7. The zero-order valence-corrected chi connectivity index (χ0v) is 19.0. The van der Waals surface area contributed by atoms with Crippen LogP contribution in [0.3, 0.4) is 0 Å². The highest BCUT2D eigenvalue weighted by molar-refractivity contribution is 14.0. The third-order valence-corrected chi connectivity index (χ3v) is 5.28. The molecule has 1 saturated heterocycles. The van der Waals surface area contributed by atoms with E-state index in [1.807, 2.05) is 11.8 Å². The number of likely N-dealkylation sites (tertiary alicyclic amines) is 1. The Morgan fingerprint density at radius 3 is 2.50 bits per heavy atom. The maximum absolute atomic E-state index is 12.6. The third-order valence-electron chi connectivity index (χ3n) is 5.28. The summed E-state index contributed by atoms with van der Waals surface area (Å²) in [6.07, 6.45) is 2.08. The minimum absolute atomic E-state index is 0. The van der Waals surface area contributed by atoms with E-state index in [4.69, 9.17) is 0 Å². The van der Waals surface area contributed by atoms with Crippen LogP contribution in [0.15, 0.2) is 4.99 Å². The molecule has 5 nitrogen and oxygen atoms in total. The van der Waals surface area contributed by atoms with Crippen molar-refractivity contribution in [1.29, 1.82) is 0 Å². The molecule has 2 aliphatic rings. The van der Waals surface area contributed by atoms with Crippen molar-refractivity contribution < 1.29 is 18.0 Å². The molecule has 9 heteroatoms. The van der Waals surface area contributed by atoms with Gasteiger partial charge in [-0.3, -0.25) is 9.79 Å². The van der Waals surface area contributed by atoms with Crippen molar-refractivity contribution in [3.05, 3.63) is 0 Å². The van der Waals surface area contributed by atoms with Crippen LogP contribution in [0.2, 0.25) is 0 Å². The summed E-state index contributed by atoms with van der Waals surface area (Å²) in [6, 6.07) is 0.144. The first kappa shape index (κ1) is 25.3. The Morgan fingerprint density at radius 1 is 1.14 bits per heavy atom. The summed E-state index contributed by atoms with van der Waals surface area (Å²) in [5.74, 6) is 1.10. The molecule has 1 saturated carbocycles. The number of carbonyl (C=O) groups is 1. The maximum Gasteiger partial charge on any atom is 0.389 e. The Kier molecular flexibility index (Phi) is 11.5. The monoisotopic (exact) mass is 518 g/mol. The fourth-order valence-corrected chi connectivity index (χ4v) is 3.83. The largest absolute Gasteiger partial charge is 0.389 e. The molecule has 1 atom stereocenters. The van der Waals surface area contributed by atoms with Gasteiger partial charge in [-0.2, -0.15) is 13.2 Å². The number of hydrogen-bond donors (Lipinski definition) is 2. The van der Waals surface area contributed by atoms with Gasteiger partial charge in [0, 0.05) is 44.6 Å². The van der Waals surface area contributed by atoms with Gasteiger partial charge < -0.3 is 15.5 Å². The Balaban J connectivity index is 0.00000392. The molecule has 1 heterocycles. The Labute approximate surface area is 183 Å². The Morgan fingerprint density at radius 2 is 1.86 bits per heavy atom. The van der Waals surface area contributed by atoms with Crippen LogP contribution < -0.4 is 10.6 Å². The van der Waals surface area contributed by atoms with E-state index >= 15 is 0 Å². The van der Waals surface area contributed by atoms with E-state index in [9.17, 15) is 18.0 Å². The first-order valence-corrected chi connectivity index (χ1v) is 10.3. The average Bonchev–Trinajstić information content (AvgIpc) is 3.09. The standard InChI is InChI=1S/C19H33F3N4O.HI/c1-2-23-18(24-12-7-6-11-19(20,21)22)25-16-10-13-26(14-16)17(27)15-8-4-3-5-9-15;/h15-16H,2-14H2,1H3,(H2,23,24,25);1H. The minimum atomic E-state index is -4.09. The molecule has 0 bridgehead atoms. The molecule has 1 amide bonds. The lowest BCUT2D eigenvalue weighted by Crippen LogP contribution is -2.45. The predicted octanol–water partition coefficient (Wildman–Crippen LogP) is 4.07. The highest BCUT2D eigenvalue weighted by Crippen LogP contribution is 2.27. The lowest BCUT2D eigenvalue weighted by molar-refractivity contribution is -0.136. The van der Waals surface area contributed by atoms with E-state index in [-0.39, 0.29) is 48.3 Å². The molecular weight excluding hydrogens is 484 g/mol. The average molecular weight is 518 g/mol. The van der Waals surface area contributed by atoms with Crippen molar-refractivity contribution in [2.45, 2.75) is 76.9 Å². The molecule has 2 N–H and O–H groups in total. The van der Waals surface area contributed by atoms with Crippen LogP contribution in [0.5, 0.6) is 0 Å². The molecule has 0 spiro atoms. The molecule has 2 fully saturated rings. The summed E-state index contributed by atoms with van der Waals surface area (Å²) in [6.45, 7) is 4.44. The van der Waals surface area contributed by atoms with Crippen molar-refractivity contribution >= 4 is 35.8 Å². The number of nitrogens with zero attached hydrogens (tertiary/aromatic N) is 2. The van der Waals surface area contributed by atoms with Gasteiger partial charge in [-0.05, 0) is 39.0 Å². The number of halogens is 4. The first-order valence-electron chi connectivity index (χ1n) is 10.3. The lowest BCUT2D eigenvalue weighted by atomic mass is 9.88. The van der Waals surface area contributed by atoms with Crippen molar-refractivity contribution in [2.75, 3.05) is 26.2 Å². The fraction of sp³-hybridized carbons (Fsp3) is 0.895. The van der Waals surface area contributed by atoms with Crippen LogP contribution in [0.25, 0.3) is 0 Å². The van der Waals surface area contributed by atoms with Gasteiger partial charge in [0.05, 0.1) is 0 Å². The summed E-state index contributed by atoms with van der Waals surface area (Å²) in [5, 5.41) is 6.47. The Bertz CT molecular complexity index is 496. The van der Waals surface area contributed by atoms with Gasteiger partial charge in [0.15, 0.2) is 5.96 Å². The van der Waals surface area contributed by atoms with E-state index in [0.29, 0.717) is 32.0 Å². The third kappa shape index (κ3) is 9.17. The van der Waals surface area contributed by atoms with Crippen LogP contribution >= 0.6 is 24.0 Å². The van der Waals surface area contributed by atoms with E-state index in [1.54, 1.807) is 0 Å². The topological polar surface area (TPSA) is 56.7 Å². The summed E-state index contributed by atoms with van der Waals surface area (Å²) in [4.78, 5) is 19.0. The highest BCUT2D eigenvalue weighted by Gasteiger charge is 2.31. The number of hydrogen-bond acceptors (Lipinski definition) is 2. The van der Waals surface area contributed by atoms with Crippen LogP contribution in [-0.2, 0) is 4.79 Å². The molecule has 2 rings (SSSR count). The molecule has 0 radical (unpaired) electrons. The number of unbranched alkanes of at least 4 members (excludes halogenated alkanes) is 1. The predicted molar refractivity (Wildman–Crippen MR) is 116 cm³/mol. The van der Waals surface area contributed by atoms with Crippen LogP contribution in [0.1, 0.15) is 64.7 Å². The highest BCUT2D eigenvalue weighted by atomic mass is 127. The summed E-state index contributed by atoms with van der Waals surface area (Å²) >= 11 is 0. The molecule has 164 valence electrons. The SMILES string of the molecule is CCNC(=NCCCCC(F)(F)F)NC1CCN(C(=O)C2CCCCC2)C1.I. The lowest BCUT2D eigenvalue weighted by Gasteiger charge is -2.26.